The van der Waals surface area contributed by atoms with Gasteiger partial charge in [0.2, 0.25) is 0 Å². The van der Waals surface area contributed by atoms with E-state index in [1.165, 1.54) is 37.2 Å². The molecule has 0 aromatic rings. The second kappa shape index (κ2) is 9.73. The molecular weight excluding hydrogens is 188 g/mol. The Balaban J connectivity index is 2.97. The van der Waals surface area contributed by atoms with Crippen LogP contribution in [-0.2, 0) is 0 Å². The Kier molecular flexibility index (Phi) is 10.2. The molecule has 2 heteroatoms. The predicted molar refractivity (Wildman–Crippen MR) is 61.4 cm³/mol. The number of hydrogen-bond donors (Lipinski definition) is 0. The van der Waals surface area contributed by atoms with E-state index in [4.69, 9.17) is 11.6 Å². The van der Waals surface area contributed by atoms with Crippen molar-refractivity contribution in [3.8, 4) is 0 Å². The molecule has 0 aromatic heterocycles. The zero-order chi connectivity index (χ0) is 9.23. The maximum Gasteiger partial charge on any atom is 0.0225 e. The summed E-state index contributed by atoms with van der Waals surface area (Å²) in [6.45, 7) is 4.54. The van der Waals surface area contributed by atoms with Crippen molar-refractivity contribution < 1.29 is 0 Å². The Hall–Kier alpha value is 0.640. The second-order valence-corrected chi connectivity index (χ2v) is 4.94. The van der Waals surface area contributed by atoms with Gasteiger partial charge in [-0.05, 0) is 36.7 Å². The molecule has 0 bridgehead atoms. The van der Waals surface area contributed by atoms with Gasteiger partial charge in [-0.2, -0.15) is 11.8 Å². The van der Waals surface area contributed by atoms with Crippen molar-refractivity contribution in [2.75, 3.05) is 17.4 Å². The van der Waals surface area contributed by atoms with Crippen LogP contribution in [0.1, 0.15) is 39.5 Å². The normalized spacial score (nSPS) is 13.2. The van der Waals surface area contributed by atoms with Crippen molar-refractivity contribution in [3.63, 3.8) is 0 Å². The number of unbranched alkanes of at least 4 members (excludes halogenated alkanes) is 1. The van der Waals surface area contributed by atoms with Crippen molar-refractivity contribution in [1.82, 2.24) is 0 Å². The third-order valence-corrected chi connectivity index (χ3v) is 3.32. The van der Waals surface area contributed by atoms with Gasteiger partial charge in [0, 0.05) is 5.88 Å². The summed E-state index contributed by atoms with van der Waals surface area (Å²) in [5.41, 5.74) is 0. The van der Waals surface area contributed by atoms with Crippen molar-refractivity contribution in [2.24, 2.45) is 5.92 Å². The highest BCUT2D eigenvalue weighted by Crippen LogP contribution is 2.14. The molecule has 1 atom stereocenters. The third-order valence-electron chi connectivity index (χ3n) is 2.00. The number of hydrogen-bond acceptors (Lipinski definition) is 1. The van der Waals surface area contributed by atoms with Crippen LogP contribution in [0.15, 0.2) is 0 Å². The minimum Gasteiger partial charge on any atom is -0.162 e. The maximum atomic E-state index is 5.65. The molecule has 0 saturated carbocycles. The van der Waals surface area contributed by atoms with Crippen molar-refractivity contribution in [2.45, 2.75) is 39.5 Å². The lowest BCUT2D eigenvalue weighted by Crippen LogP contribution is -1.97. The highest BCUT2D eigenvalue weighted by molar-refractivity contribution is 7.99. The summed E-state index contributed by atoms with van der Waals surface area (Å²) in [5.74, 6) is 4.29. The van der Waals surface area contributed by atoms with Crippen molar-refractivity contribution >= 4 is 23.4 Å². The molecular formula is C10H21ClS. The largest absolute Gasteiger partial charge is 0.162 e. The molecule has 1 unspecified atom stereocenters. The van der Waals surface area contributed by atoms with Gasteiger partial charge in [-0.3, -0.25) is 0 Å². The van der Waals surface area contributed by atoms with Crippen LogP contribution in [0.5, 0.6) is 0 Å². The summed E-state index contributed by atoms with van der Waals surface area (Å²) < 4.78 is 0. The molecule has 0 saturated heterocycles. The average Bonchev–Trinajstić information content (AvgIpc) is 2.05. The van der Waals surface area contributed by atoms with Crippen LogP contribution < -0.4 is 0 Å². The summed E-state index contributed by atoms with van der Waals surface area (Å²) >= 11 is 7.74. The molecule has 74 valence electrons. The molecule has 0 radical (unpaired) electrons. The third kappa shape index (κ3) is 8.73. The molecule has 0 rings (SSSR count). The summed E-state index contributed by atoms with van der Waals surface area (Å²) in [6, 6.07) is 0. The minimum absolute atomic E-state index is 0.816. The van der Waals surface area contributed by atoms with Gasteiger partial charge in [0.1, 0.15) is 0 Å². The number of thioether (sulfide) groups is 1. The molecule has 0 aliphatic rings. The first kappa shape index (κ1) is 12.6. The predicted octanol–water partition coefficient (Wildman–Crippen LogP) is 4.17. The molecule has 0 fully saturated rings. The lowest BCUT2D eigenvalue weighted by molar-refractivity contribution is 0.552. The molecule has 0 amide bonds. The fourth-order valence-corrected chi connectivity index (χ4v) is 2.60. The highest BCUT2D eigenvalue weighted by atomic mass is 35.5. The first-order valence-corrected chi connectivity index (χ1v) is 6.63. The topological polar surface area (TPSA) is 0 Å². The van der Waals surface area contributed by atoms with E-state index >= 15 is 0 Å². The Bertz CT molecular complexity index is 85.9. The minimum atomic E-state index is 0.816. The first-order valence-electron chi connectivity index (χ1n) is 4.95. The van der Waals surface area contributed by atoms with Crippen LogP contribution in [0.4, 0.5) is 0 Å². The summed E-state index contributed by atoms with van der Waals surface area (Å²) in [6.07, 6.45) is 5.20. The van der Waals surface area contributed by atoms with E-state index in [0.717, 1.165) is 11.8 Å². The lowest BCUT2D eigenvalue weighted by atomic mass is 10.1. The van der Waals surface area contributed by atoms with Gasteiger partial charge < -0.3 is 0 Å². The molecule has 0 heterocycles. The zero-order valence-corrected chi connectivity index (χ0v) is 9.89. The summed E-state index contributed by atoms with van der Waals surface area (Å²) in [5, 5.41) is 0. The Morgan fingerprint density at radius 1 is 1.25 bits per heavy atom. The van der Waals surface area contributed by atoms with Gasteiger partial charge in [0.15, 0.2) is 0 Å². The zero-order valence-electron chi connectivity index (χ0n) is 8.31. The summed E-state index contributed by atoms with van der Waals surface area (Å²) in [7, 11) is 0. The van der Waals surface area contributed by atoms with E-state index in [1.54, 1.807) is 0 Å². The van der Waals surface area contributed by atoms with Crippen LogP contribution in [0.2, 0.25) is 0 Å². The van der Waals surface area contributed by atoms with Gasteiger partial charge >= 0.3 is 0 Å². The van der Waals surface area contributed by atoms with Crippen LogP contribution >= 0.6 is 23.4 Å². The van der Waals surface area contributed by atoms with Crippen molar-refractivity contribution in [1.29, 1.82) is 0 Å². The number of halogens is 1. The van der Waals surface area contributed by atoms with E-state index in [9.17, 15) is 0 Å². The highest BCUT2D eigenvalue weighted by Gasteiger charge is 2.00. The lowest BCUT2D eigenvalue weighted by Gasteiger charge is -2.07. The van der Waals surface area contributed by atoms with Crippen LogP contribution in [-0.4, -0.2) is 17.4 Å². The van der Waals surface area contributed by atoms with Crippen LogP contribution in [0, 0.1) is 5.92 Å². The number of alkyl halides is 1. The molecule has 0 aliphatic heterocycles. The second-order valence-electron chi connectivity index (χ2n) is 3.34. The fraction of sp³-hybridized carbons (Fsp3) is 1.00. The quantitative estimate of drug-likeness (QED) is 0.426. The van der Waals surface area contributed by atoms with Crippen molar-refractivity contribution in [3.05, 3.63) is 0 Å². The smallest absolute Gasteiger partial charge is 0.0225 e. The van der Waals surface area contributed by atoms with Gasteiger partial charge in [-0.15, -0.1) is 11.6 Å². The molecule has 0 spiro atoms. The fourth-order valence-electron chi connectivity index (χ4n) is 0.964. The van der Waals surface area contributed by atoms with E-state index in [1.807, 2.05) is 0 Å². The van der Waals surface area contributed by atoms with E-state index in [-0.39, 0.29) is 0 Å². The molecule has 0 aromatic carbocycles. The monoisotopic (exact) mass is 208 g/mol. The Morgan fingerprint density at radius 3 is 2.58 bits per heavy atom. The molecule has 12 heavy (non-hydrogen) atoms. The van der Waals surface area contributed by atoms with Gasteiger partial charge in [0.05, 0.1) is 0 Å². The molecule has 0 nitrogen and oxygen atoms in total. The number of rotatable bonds is 8. The van der Waals surface area contributed by atoms with E-state index in [2.05, 4.69) is 25.6 Å². The van der Waals surface area contributed by atoms with Gasteiger partial charge in [-0.25, -0.2) is 0 Å². The molecule has 0 aliphatic carbocycles. The van der Waals surface area contributed by atoms with Gasteiger partial charge in [0.25, 0.3) is 0 Å². The maximum absolute atomic E-state index is 5.65. The van der Waals surface area contributed by atoms with Crippen LogP contribution in [0.25, 0.3) is 0 Å². The van der Waals surface area contributed by atoms with Gasteiger partial charge in [-0.1, -0.05) is 20.3 Å². The Morgan fingerprint density at radius 2 is 2.00 bits per heavy atom. The standard InChI is InChI=1S/C10H21ClS/c1-3-4-8-12-9-6-10(2)5-7-11/h10H,3-9H2,1-2H3. The van der Waals surface area contributed by atoms with Crippen LogP contribution in [0.3, 0.4) is 0 Å². The Labute approximate surface area is 86.5 Å². The summed E-state index contributed by atoms with van der Waals surface area (Å²) in [4.78, 5) is 0. The van der Waals surface area contributed by atoms with E-state index in [0.29, 0.717) is 0 Å². The first-order chi connectivity index (χ1) is 5.81. The molecule has 0 N–H and O–H groups in total. The van der Waals surface area contributed by atoms with E-state index < -0.39 is 0 Å². The average molecular weight is 209 g/mol. The SMILES string of the molecule is CCCCSCCC(C)CCCl.